The van der Waals surface area contributed by atoms with Crippen molar-refractivity contribution in [2.45, 2.75) is 53.9 Å². The highest BCUT2D eigenvalue weighted by molar-refractivity contribution is 5.77. The SMILES string of the molecule is CCC1(C(=O)O)CCN(C(=O)NCC(C)(C)C(C)C)CC1. The predicted octanol–water partition coefficient (Wildman–Crippen LogP) is 2.96. The maximum absolute atomic E-state index is 12.2. The zero-order chi connectivity index (χ0) is 16.3. The smallest absolute Gasteiger partial charge is 0.317 e. The van der Waals surface area contributed by atoms with E-state index in [2.05, 4.69) is 33.0 Å². The Morgan fingerprint density at radius 2 is 1.81 bits per heavy atom. The number of carboxylic acids is 1. The highest BCUT2D eigenvalue weighted by Crippen LogP contribution is 2.35. The Balaban J connectivity index is 2.51. The van der Waals surface area contributed by atoms with Crippen LogP contribution in [0.4, 0.5) is 4.79 Å². The lowest BCUT2D eigenvalue weighted by molar-refractivity contribution is -0.151. The molecule has 1 fully saturated rings. The van der Waals surface area contributed by atoms with Crippen LogP contribution in [-0.2, 0) is 4.79 Å². The number of nitrogens with zero attached hydrogens (tertiary/aromatic N) is 1. The summed E-state index contributed by atoms with van der Waals surface area (Å²) in [5.41, 5.74) is -0.590. The van der Waals surface area contributed by atoms with Crippen LogP contribution >= 0.6 is 0 Å². The van der Waals surface area contributed by atoms with Crippen molar-refractivity contribution in [3.63, 3.8) is 0 Å². The Kier molecular flexibility index (Phi) is 5.65. The van der Waals surface area contributed by atoms with E-state index in [9.17, 15) is 14.7 Å². The molecule has 0 atom stereocenters. The largest absolute Gasteiger partial charge is 0.481 e. The van der Waals surface area contributed by atoms with Gasteiger partial charge in [-0.25, -0.2) is 4.79 Å². The zero-order valence-corrected chi connectivity index (χ0v) is 14.0. The van der Waals surface area contributed by atoms with Crippen molar-refractivity contribution in [2.75, 3.05) is 19.6 Å². The Morgan fingerprint density at radius 1 is 1.29 bits per heavy atom. The molecule has 0 aromatic heterocycles. The van der Waals surface area contributed by atoms with Crippen LogP contribution in [-0.4, -0.2) is 41.6 Å². The summed E-state index contributed by atoms with van der Waals surface area (Å²) in [4.78, 5) is 25.3. The molecule has 1 saturated heterocycles. The van der Waals surface area contributed by atoms with Crippen molar-refractivity contribution < 1.29 is 14.7 Å². The molecule has 0 aromatic rings. The van der Waals surface area contributed by atoms with Gasteiger partial charge < -0.3 is 15.3 Å². The number of rotatable bonds is 5. The lowest BCUT2D eigenvalue weighted by Crippen LogP contribution is -2.51. The van der Waals surface area contributed by atoms with Gasteiger partial charge in [0.05, 0.1) is 5.41 Å². The maximum atomic E-state index is 12.2. The van der Waals surface area contributed by atoms with Gasteiger partial charge in [-0.15, -0.1) is 0 Å². The van der Waals surface area contributed by atoms with Crippen LogP contribution in [0.1, 0.15) is 53.9 Å². The first kappa shape index (κ1) is 17.8. The molecule has 2 amide bonds. The average Bonchev–Trinajstić information content (AvgIpc) is 2.44. The fourth-order valence-electron chi connectivity index (χ4n) is 2.48. The molecule has 0 aliphatic carbocycles. The summed E-state index contributed by atoms with van der Waals surface area (Å²) in [6.07, 6.45) is 1.71. The van der Waals surface area contributed by atoms with E-state index < -0.39 is 11.4 Å². The van der Waals surface area contributed by atoms with Crippen molar-refractivity contribution in [3.05, 3.63) is 0 Å². The third-order valence-corrected chi connectivity index (χ3v) is 5.40. The number of nitrogens with one attached hydrogen (secondary N) is 1. The minimum atomic E-state index is -0.731. The molecule has 122 valence electrons. The summed E-state index contributed by atoms with van der Waals surface area (Å²) in [5.74, 6) is -0.245. The van der Waals surface area contributed by atoms with Gasteiger partial charge in [0, 0.05) is 19.6 Å². The third kappa shape index (κ3) is 4.11. The highest BCUT2D eigenvalue weighted by Gasteiger charge is 2.40. The Bertz CT molecular complexity index is 383. The van der Waals surface area contributed by atoms with Gasteiger partial charge in [-0.05, 0) is 30.6 Å². The standard InChI is InChI=1S/C16H30N2O3/c1-6-16(13(19)20)7-9-18(10-8-16)14(21)17-11-15(4,5)12(2)3/h12H,6-11H2,1-5H3,(H,17,21)(H,19,20). The van der Waals surface area contributed by atoms with Gasteiger partial charge in [0.1, 0.15) is 0 Å². The molecule has 2 N–H and O–H groups in total. The van der Waals surface area contributed by atoms with E-state index in [4.69, 9.17) is 0 Å². The maximum Gasteiger partial charge on any atom is 0.317 e. The van der Waals surface area contributed by atoms with Crippen LogP contribution in [0.2, 0.25) is 0 Å². The van der Waals surface area contributed by atoms with E-state index in [1.165, 1.54) is 0 Å². The van der Waals surface area contributed by atoms with Crippen molar-refractivity contribution in [2.24, 2.45) is 16.7 Å². The topological polar surface area (TPSA) is 69.6 Å². The number of carbonyl (C=O) groups excluding carboxylic acids is 1. The van der Waals surface area contributed by atoms with E-state index in [1.54, 1.807) is 4.90 Å². The molecule has 1 aliphatic heterocycles. The average molecular weight is 298 g/mol. The van der Waals surface area contributed by atoms with Crippen LogP contribution in [0.5, 0.6) is 0 Å². The van der Waals surface area contributed by atoms with E-state index >= 15 is 0 Å². The molecule has 0 radical (unpaired) electrons. The van der Waals surface area contributed by atoms with Crippen LogP contribution in [0.3, 0.4) is 0 Å². The lowest BCUT2D eigenvalue weighted by atomic mass is 9.76. The summed E-state index contributed by atoms with van der Waals surface area (Å²) in [5, 5.41) is 12.4. The van der Waals surface area contributed by atoms with Crippen LogP contribution in [0.25, 0.3) is 0 Å². The number of aliphatic carboxylic acids is 1. The first-order valence-corrected chi connectivity index (χ1v) is 7.91. The number of hydrogen-bond acceptors (Lipinski definition) is 2. The fraction of sp³-hybridized carbons (Fsp3) is 0.875. The number of likely N-dealkylation sites (tertiary alicyclic amines) is 1. The number of urea groups is 1. The summed E-state index contributed by atoms with van der Waals surface area (Å²) in [7, 11) is 0. The number of carboxylic acid groups (broad SMARTS) is 1. The molecular formula is C16H30N2O3. The monoisotopic (exact) mass is 298 g/mol. The molecule has 5 nitrogen and oxygen atoms in total. The van der Waals surface area contributed by atoms with Crippen LogP contribution in [0, 0.1) is 16.7 Å². The molecule has 0 bridgehead atoms. The van der Waals surface area contributed by atoms with Crippen molar-refractivity contribution >= 4 is 12.0 Å². The van der Waals surface area contributed by atoms with Gasteiger partial charge >= 0.3 is 12.0 Å². The van der Waals surface area contributed by atoms with Gasteiger partial charge in [0.2, 0.25) is 0 Å². The number of piperidine rings is 1. The Hall–Kier alpha value is -1.26. The molecular weight excluding hydrogens is 268 g/mol. The fourth-order valence-corrected chi connectivity index (χ4v) is 2.48. The summed E-state index contributed by atoms with van der Waals surface area (Å²) in [6, 6.07) is -0.0705. The molecule has 5 heteroatoms. The highest BCUT2D eigenvalue weighted by atomic mass is 16.4. The third-order valence-electron chi connectivity index (χ3n) is 5.40. The second-order valence-corrected chi connectivity index (χ2v) is 7.23. The molecule has 21 heavy (non-hydrogen) atoms. The molecule has 0 unspecified atom stereocenters. The summed E-state index contributed by atoms with van der Waals surface area (Å²) in [6.45, 7) is 12.2. The van der Waals surface area contributed by atoms with Crippen molar-refractivity contribution in [3.8, 4) is 0 Å². The predicted molar refractivity (Wildman–Crippen MR) is 83.2 cm³/mol. The van der Waals surface area contributed by atoms with Gasteiger partial charge in [0.25, 0.3) is 0 Å². The van der Waals surface area contributed by atoms with Crippen molar-refractivity contribution in [1.82, 2.24) is 10.2 Å². The normalized spacial score (nSPS) is 18.7. The molecule has 1 heterocycles. The first-order valence-electron chi connectivity index (χ1n) is 7.91. The summed E-state index contributed by atoms with van der Waals surface area (Å²) < 4.78 is 0. The zero-order valence-electron chi connectivity index (χ0n) is 14.0. The molecule has 0 aromatic carbocycles. The molecule has 1 rings (SSSR count). The summed E-state index contributed by atoms with van der Waals surface area (Å²) >= 11 is 0. The Morgan fingerprint density at radius 3 is 2.19 bits per heavy atom. The van der Waals surface area contributed by atoms with E-state index in [1.807, 2.05) is 6.92 Å². The quantitative estimate of drug-likeness (QED) is 0.820. The van der Waals surface area contributed by atoms with Gasteiger partial charge in [-0.2, -0.15) is 0 Å². The van der Waals surface area contributed by atoms with E-state index in [0.29, 0.717) is 44.8 Å². The van der Waals surface area contributed by atoms with Gasteiger partial charge in [-0.1, -0.05) is 34.6 Å². The second-order valence-electron chi connectivity index (χ2n) is 7.23. The number of carbonyl (C=O) groups is 2. The van der Waals surface area contributed by atoms with E-state index in [-0.39, 0.29) is 11.4 Å². The van der Waals surface area contributed by atoms with Crippen LogP contribution < -0.4 is 5.32 Å². The molecule has 1 aliphatic rings. The minimum absolute atomic E-state index is 0.0552. The lowest BCUT2D eigenvalue weighted by Gasteiger charge is -2.39. The second kappa shape index (κ2) is 6.67. The van der Waals surface area contributed by atoms with Gasteiger partial charge in [-0.3, -0.25) is 4.79 Å². The number of hydrogen-bond donors (Lipinski definition) is 2. The number of amides is 2. The first-order chi connectivity index (χ1) is 9.64. The Labute approximate surface area is 128 Å². The van der Waals surface area contributed by atoms with Gasteiger partial charge in [0.15, 0.2) is 0 Å². The minimum Gasteiger partial charge on any atom is -0.481 e. The van der Waals surface area contributed by atoms with Crippen LogP contribution in [0.15, 0.2) is 0 Å². The van der Waals surface area contributed by atoms with E-state index in [0.717, 1.165) is 0 Å². The van der Waals surface area contributed by atoms with Crippen molar-refractivity contribution in [1.29, 1.82) is 0 Å². The molecule has 0 saturated carbocycles. The molecule has 0 spiro atoms.